The van der Waals surface area contributed by atoms with Crippen LogP contribution in [-0.4, -0.2) is 61.2 Å². The molecule has 0 aliphatic carbocycles. The smallest absolute Gasteiger partial charge is 0.249 e. The molecule has 2 aliphatic heterocycles. The zero-order chi connectivity index (χ0) is 18.3. The van der Waals surface area contributed by atoms with E-state index < -0.39 is 0 Å². The molecule has 2 fully saturated rings. The Hall–Kier alpha value is -2.71. The van der Waals surface area contributed by atoms with Gasteiger partial charge in [-0.25, -0.2) is 0 Å². The maximum absolute atomic E-state index is 12.3. The molecular weight excluding hydrogens is 336 g/mol. The molecule has 1 atom stereocenters. The van der Waals surface area contributed by atoms with Crippen molar-refractivity contribution in [1.82, 2.24) is 29.7 Å². The molecule has 1 unspecified atom stereocenters. The van der Waals surface area contributed by atoms with E-state index in [1.807, 2.05) is 13.0 Å². The molecule has 2 amide bonds. The number of carbonyl (C=O) groups excluding carboxylic acids is 2. The van der Waals surface area contributed by atoms with Gasteiger partial charge in [-0.3, -0.25) is 14.3 Å². The zero-order valence-corrected chi connectivity index (χ0v) is 15.0. The van der Waals surface area contributed by atoms with Gasteiger partial charge in [-0.15, -0.1) is 0 Å². The van der Waals surface area contributed by atoms with E-state index in [1.54, 1.807) is 27.6 Å². The van der Waals surface area contributed by atoms with E-state index in [-0.39, 0.29) is 30.3 Å². The zero-order valence-electron chi connectivity index (χ0n) is 15.0. The van der Waals surface area contributed by atoms with Crippen molar-refractivity contribution in [1.29, 1.82) is 0 Å². The van der Waals surface area contributed by atoms with Gasteiger partial charge in [-0.1, -0.05) is 5.16 Å². The molecule has 2 aromatic heterocycles. The van der Waals surface area contributed by atoms with Gasteiger partial charge in [-0.2, -0.15) is 10.1 Å². The van der Waals surface area contributed by atoms with Crippen LogP contribution in [0.3, 0.4) is 0 Å². The highest BCUT2D eigenvalue weighted by molar-refractivity contribution is 5.77. The number of rotatable bonds is 4. The number of aryl methyl sites for hydroxylation is 1. The third-order valence-electron chi connectivity index (χ3n) is 5.07. The molecule has 0 N–H and O–H groups in total. The third-order valence-corrected chi connectivity index (χ3v) is 5.07. The van der Waals surface area contributed by atoms with E-state index in [0.29, 0.717) is 24.8 Å². The average molecular weight is 358 g/mol. The number of hydrogen-bond donors (Lipinski definition) is 0. The van der Waals surface area contributed by atoms with E-state index in [4.69, 9.17) is 4.52 Å². The first kappa shape index (κ1) is 16.7. The van der Waals surface area contributed by atoms with Crippen LogP contribution in [0.5, 0.6) is 0 Å². The number of hydrogen-bond acceptors (Lipinski definition) is 6. The van der Waals surface area contributed by atoms with Crippen LogP contribution in [0.2, 0.25) is 0 Å². The predicted molar refractivity (Wildman–Crippen MR) is 89.9 cm³/mol. The summed E-state index contributed by atoms with van der Waals surface area (Å²) in [6, 6.07) is 1.76. The van der Waals surface area contributed by atoms with Crippen molar-refractivity contribution in [3.05, 3.63) is 29.7 Å². The van der Waals surface area contributed by atoms with Gasteiger partial charge >= 0.3 is 0 Å². The van der Waals surface area contributed by atoms with Crippen molar-refractivity contribution < 1.29 is 14.1 Å². The Bertz CT molecular complexity index is 822. The first-order valence-electron chi connectivity index (χ1n) is 8.90. The van der Waals surface area contributed by atoms with Gasteiger partial charge in [0.1, 0.15) is 12.6 Å². The standard InChI is InChI=1S/C17H22N6O3/c1-11-5-7-22(19-11)10-15(25)21-8-13(9-21)16-18-17(26-20-16)14-4-3-6-23(14)12(2)24/h5,7,13-14H,3-4,6,8-10H2,1-2H3. The second-order valence-corrected chi connectivity index (χ2v) is 7.01. The van der Waals surface area contributed by atoms with Crippen LogP contribution in [0.4, 0.5) is 0 Å². The highest BCUT2D eigenvalue weighted by Crippen LogP contribution is 2.32. The SMILES string of the molecule is CC(=O)N1CCCC1c1nc(C2CN(C(=O)Cn3ccc(C)n3)C2)no1. The van der Waals surface area contributed by atoms with Crippen LogP contribution < -0.4 is 0 Å². The Kier molecular flexibility index (Phi) is 4.21. The number of amides is 2. The molecule has 2 aromatic rings. The van der Waals surface area contributed by atoms with Gasteiger partial charge in [-0.05, 0) is 25.8 Å². The van der Waals surface area contributed by atoms with Crippen LogP contribution in [0, 0.1) is 6.92 Å². The minimum atomic E-state index is -0.116. The van der Waals surface area contributed by atoms with Crippen molar-refractivity contribution in [2.45, 2.75) is 45.2 Å². The summed E-state index contributed by atoms with van der Waals surface area (Å²) < 4.78 is 7.05. The van der Waals surface area contributed by atoms with E-state index in [9.17, 15) is 9.59 Å². The van der Waals surface area contributed by atoms with Crippen LogP contribution in [-0.2, 0) is 16.1 Å². The molecule has 2 saturated heterocycles. The summed E-state index contributed by atoms with van der Waals surface area (Å²) in [6.07, 6.45) is 3.60. The largest absolute Gasteiger partial charge is 0.339 e. The molecule has 0 saturated carbocycles. The lowest BCUT2D eigenvalue weighted by atomic mass is 9.99. The first-order valence-corrected chi connectivity index (χ1v) is 8.90. The van der Waals surface area contributed by atoms with E-state index >= 15 is 0 Å². The third kappa shape index (κ3) is 3.09. The molecule has 4 heterocycles. The van der Waals surface area contributed by atoms with Crippen molar-refractivity contribution in [3.63, 3.8) is 0 Å². The molecule has 9 nitrogen and oxygen atoms in total. The average Bonchev–Trinajstić information content (AvgIpc) is 3.25. The van der Waals surface area contributed by atoms with Crippen LogP contribution in [0.15, 0.2) is 16.8 Å². The van der Waals surface area contributed by atoms with E-state index in [2.05, 4.69) is 15.2 Å². The lowest BCUT2D eigenvalue weighted by molar-refractivity contribution is -0.136. The van der Waals surface area contributed by atoms with E-state index in [1.165, 1.54) is 0 Å². The molecule has 0 aromatic carbocycles. The summed E-state index contributed by atoms with van der Waals surface area (Å²) in [6.45, 7) is 5.60. The normalized spacial score (nSPS) is 20.5. The van der Waals surface area contributed by atoms with Crippen LogP contribution in [0.25, 0.3) is 0 Å². The number of aromatic nitrogens is 4. The van der Waals surface area contributed by atoms with Gasteiger partial charge < -0.3 is 14.3 Å². The van der Waals surface area contributed by atoms with Gasteiger partial charge in [0.25, 0.3) is 0 Å². The number of carbonyl (C=O) groups is 2. The van der Waals surface area contributed by atoms with E-state index in [0.717, 1.165) is 25.1 Å². The quantitative estimate of drug-likeness (QED) is 0.805. The van der Waals surface area contributed by atoms with Gasteiger partial charge in [0.2, 0.25) is 17.7 Å². The summed E-state index contributed by atoms with van der Waals surface area (Å²) in [4.78, 5) is 32.0. The summed E-state index contributed by atoms with van der Waals surface area (Å²) in [5.41, 5.74) is 0.894. The maximum Gasteiger partial charge on any atom is 0.249 e. The van der Waals surface area contributed by atoms with Crippen molar-refractivity contribution in [3.8, 4) is 0 Å². The molecule has 0 bridgehead atoms. The number of likely N-dealkylation sites (tertiary alicyclic amines) is 2. The molecule has 2 aliphatic rings. The molecule has 0 radical (unpaired) electrons. The minimum Gasteiger partial charge on any atom is -0.339 e. The highest BCUT2D eigenvalue weighted by Gasteiger charge is 2.37. The second-order valence-electron chi connectivity index (χ2n) is 7.01. The van der Waals surface area contributed by atoms with Crippen LogP contribution in [0.1, 0.15) is 49.1 Å². The fraction of sp³-hybridized carbons (Fsp3) is 0.588. The topological polar surface area (TPSA) is 97.4 Å². The highest BCUT2D eigenvalue weighted by atomic mass is 16.5. The van der Waals surface area contributed by atoms with Crippen molar-refractivity contribution in [2.24, 2.45) is 0 Å². The second kappa shape index (κ2) is 6.54. The molecule has 26 heavy (non-hydrogen) atoms. The van der Waals surface area contributed by atoms with Crippen molar-refractivity contribution >= 4 is 11.8 Å². The van der Waals surface area contributed by atoms with Gasteiger partial charge in [0, 0.05) is 32.8 Å². The van der Waals surface area contributed by atoms with Gasteiger partial charge in [0.05, 0.1) is 11.6 Å². The van der Waals surface area contributed by atoms with Crippen molar-refractivity contribution in [2.75, 3.05) is 19.6 Å². The number of nitrogens with zero attached hydrogens (tertiary/aromatic N) is 6. The Morgan fingerprint density at radius 3 is 2.85 bits per heavy atom. The first-order chi connectivity index (χ1) is 12.5. The Morgan fingerprint density at radius 2 is 2.15 bits per heavy atom. The Balaban J connectivity index is 1.34. The fourth-order valence-corrected chi connectivity index (χ4v) is 3.58. The molecule has 138 valence electrons. The molecule has 0 spiro atoms. The summed E-state index contributed by atoms with van der Waals surface area (Å²) in [7, 11) is 0. The molecule has 9 heteroatoms. The Morgan fingerprint density at radius 1 is 1.35 bits per heavy atom. The summed E-state index contributed by atoms with van der Waals surface area (Å²) in [5, 5.41) is 8.31. The summed E-state index contributed by atoms with van der Waals surface area (Å²) >= 11 is 0. The summed E-state index contributed by atoms with van der Waals surface area (Å²) in [5.74, 6) is 1.27. The fourth-order valence-electron chi connectivity index (χ4n) is 3.58. The lowest BCUT2D eigenvalue weighted by Gasteiger charge is -2.37. The molecule has 4 rings (SSSR count). The molecular formula is C17H22N6O3. The minimum absolute atomic E-state index is 0.0292. The Labute approximate surface area is 150 Å². The monoisotopic (exact) mass is 358 g/mol. The lowest BCUT2D eigenvalue weighted by Crippen LogP contribution is -2.50. The van der Waals surface area contributed by atoms with Gasteiger partial charge in [0.15, 0.2) is 5.82 Å². The maximum atomic E-state index is 12.3. The van der Waals surface area contributed by atoms with Crippen LogP contribution >= 0.6 is 0 Å². The predicted octanol–water partition coefficient (Wildman–Crippen LogP) is 0.884.